The van der Waals surface area contributed by atoms with E-state index < -0.39 is 0 Å². The van der Waals surface area contributed by atoms with Gasteiger partial charge in [0.15, 0.2) is 0 Å². The van der Waals surface area contributed by atoms with Crippen LogP contribution in [0.4, 0.5) is 0 Å². The van der Waals surface area contributed by atoms with Crippen LogP contribution in [0, 0.1) is 6.92 Å². The summed E-state index contributed by atoms with van der Waals surface area (Å²) in [6, 6.07) is 9.67. The minimum atomic E-state index is 0.516. The maximum absolute atomic E-state index is 5.79. The third-order valence-corrected chi connectivity index (χ3v) is 4.72. The van der Waals surface area contributed by atoms with E-state index in [-0.39, 0.29) is 0 Å². The fraction of sp³-hybridized carbons (Fsp3) is 0.667. The van der Waals surface area contributed by atoms with Crippen molar-refractivity contribution in [3.8, 4) is 0 Å². The molecule has 0 spiro atoms. The van der Waals surface area contributed by atoms with Crippen LogP contribution in [-0.2, 0) is 4.74 Å². The highest BCUT2D eigenvalue weighted by Gasteiger charge is 2.24. The van der Waals surface area contributed by atoms with Gasteiger partial charge in [-0.05, 0) is 62.5 Å². The van der Waals surface area contributed by atoms with Crippen LogP contribution in [0.5, 0.6) is 0 Å². The molecule has 2 heteroatoms. The lowest BCUT2D eigenvalue weighted by Crippen LogP contribution is -2.25. The van der Waals surface area contributed by atoms with Gasteiger partial charge >= 0.3 is 0 Å². The molecule has 1 aromatic rings. The molecule has 1 heterocycles. The summed E-state index contributed by atoms with van der Waals surface area (Å²) in [5.74, 6) is 0.640. The fourth-order valence-electron chi connectivity index (χ4n) is 3.27. The van der Waals surface area contributed by atoms with Crippen molar-refractivity contribution in [1.82, 2.24) is 5.32 Å². The largest absolute Gasteiger partial charge is 0.378 e. The number of rotatable bonds is 7. The molecule has 2 nitrogen and oxygen atoms in total. The molecule has 1 aliphatic carbocycles. The lowest BCUT2D eigenvalue weighted by Gasteiger charge is -2.21. The number of ether oxygens (including phenoxy) is 1. The predicted octanol–water partition coefficient (Wildman–Crippen LogP) is 3.79. The standard InChI is InChI=1S/C18H27NO/c1-14-5-2-3-7-18(14)15(13-19-16-9-10-16)8-11-17-6-4-12-20-17/h2-3,5,7,15-17,19H,4,6,8-13H2,1H3. The van der Waals surface area contributed by atoms with Crippen molar-refractivity contribution >= 4 is 0 Å². The smallest absolute Gasteiger partial charge is 0.0576 e. The van der Waals surface area contributed by atoms with Gasteiger partial charge in [-0.3, -0.25) is 0 Å². The Bertz CT molecular complexity index is 421. The van der Waals surface area contributed by atoms with Crippen LogP contribution in [0.3, 0.4) is 0 Å². The second kappa shape index (κ2) is 6.73. The van der Waals surface area contributed by atoms with Crippen LogP contribution in [0.25, 0.3) is 0 Å². The second-order valence-electron chi connectivity index (χ2n) is 6.45. The average molecular weight is 273 g/mol. The molecule has 2 fully saturated rings. The minimum absolute atomic E-state index is 0.516. The van der Waals surface area contributed by atoms with Gasteiger partial charge in [-0.1, -0.05) is 24.3 Å². The van der Waals surface area contributed by atoms with Crippen LogP contribution in [0.1, 0.15) is 55.6 Å². The van der Waals surface area contributed by atoms with Crippen molar-refractivity contribution < 1.29 is 4.74 Å². The first-order chi connectivity index (χ1) is 9.83. The number of hydrogen-bond donors (Lipinski definition) is 1. The Labute approximate surface area is 122 Å². The molecule has 0 radical (unpaired) electrons. The van der Waals surface area contributed by atoms with Crippen LogP contribution in [-0.4, -0.2) is 25.3 Å². The SMILES string of the molecule is Cc1ccccc1C(CCC1CCCO1)CNC1CC1. The van der Waals surface area contributed by atoms with Crippen molar-refractivity contribution in [2.45, 2.75) is 63.5 Å². The first-order valence-corrected chi connectivity index (χ1v) is 8.23. The van der Waals surface area contributed by atoms with Crippen LogP contribution in [0.2, 0.25) is 0 Å². The lowest BCUT2D eigenvalue weighted by molar-refractivity contribution is 0.100. The van der Waals surface area contributed by atoms with Gasteiger partial charge in [0, 0.05) is 19.2 Å². The molecular weight excluding hydrogens is 246 g/mol. The highest BCUT2D eigenvalue weighted by atomic mass is 16.5. The third kappa shape index (κ3) is 3.83. The van der Waals surface area contributed by atoms with Crippen molar-refractivity contribution in [2.24, 2.45) is 0 Å². The van der Waals surface area contributed by atoms with Crippen molar-refractivity contribution in [3.63, 3.8) is 0 Å². The molecule has 2 unspecified atom stereocenters. The van der Waals surface area contributed by atoms with Gasteiger partial charge in [0.1, 0.15) is 0 Å². The van der Waals surface area contributed by atoms with E-state index in [9.17, 15) is 0 Å². The number of aryl methyl sites for hydroxylation is 1. The maximum atomic E-state index is 5.79. The molecular formula is C18H27NO. The lowest BCUT2D eigenvalue weighted by atomic mass is 9.89. The zero-order chi connectivity index (χ0) is 13.8. The molecule has 1 saturated heterocycles. The average Bonchev–Trinajstić information content (AvgIpc) is 3.14. The number of benzene rings is 1. The minimum Gasteiger partial charge on any atom is -0.378 e. The topological polar surface area (TPSA) is 21.3 Å². The van der Waals surface area contributed by atoms with Gasteiger partial charge in [-0.15, -0.1) is 0 Å². The van der Waals surface area contributed by atoms with E-state index in [0.29, 0.717) is 12.0 Å². The molecule has 0 amide bonds. The molecule has 2 aliphatic rings. The summed E-state index contributed by atoms with van der Waals surface area (Å²) in [7, 11) is 0. The third-order valence-electron chi connectivity index (χ3n) is 4.72. The fourth-order valence-corrected chi connectivity index (χ4v) is 3.27. The summed E-state index contributed by atoms with van der Waals surface area (Å²) in [6.07, 6.45) is 8.22. The molecule has 1 aromatic carbocycles. The van der Waals surface area contributed by atoms with Crippen molar-refractivity contribution in [3.05, 3.63) is 35.4 Å². The Morgan fingerprint density at radius 3 is 2.80 bits per heavy atom. The molecule has 1 N–H and O–H groups in total. The summed E-state index contributed by atoms with van der Waals surface area (Å²) in [5.41, 5.74) is 2.96. The zero-order valence-corrected chi connectivity index (χ0v) is 12.6. The molecule has 110 valence electrons. The summed E-state index contributed by atoms with van der Waals surface area (Å²) in [6.45, 7) is 4.34. The number of nitrogens with one attached hydrogen (secondary N) is 1. The van der Waals surface area contributed by atoms with Crippen LogP contribution in [0.15, 0.2) is 24.3 Å². The Morgan fingerprint density at radius 2 is 2.10 bits per heavy atom. The zero-order valence-electron chi connectivity index (χ0n) is 12.6. The van der Waals surface area contributed by atoms with Crippen molar-refractivity contribution in [1.29, 1.82) is 0 Å². The summed E-state index contributed by atoms with van der Waals surface area (Å²) >= 11 is 0. The van der Waals surface area contributed by atoms with Gasteiger partial charge in [0.05, 0.1) is 6.10 Å². The molecule has 1 saturated carbocycles. The first kappa shape index (κ1) is 14.1. The van der Waals surface area contributed by atoms with E-state index in [1.54, 1.807) is 0 Å². The molecule has 20 heavy (non-hydrogen) atoms. The van der Waals surface area contributed by atoms with Gasteiger partial charge in [-0.25, -0.2) is 0 Å². The Hall–Kier alpha value is -0.860. The van der Waals surface area contributed by atoms with Crippen LogP contribution < -0.4 is 5.32 Å². The quantitative estimate of drug-likeness (QED) is 0.816. The van der Waals surface area contributed by atoms with E-state index in [4.69, 9.17) is 4.74 Å². The molecule has 1 aliphatic heterocycles. The monoisotopic (exact) mass is 273 g/mol. The molecule has 0 bridgehead atoms. The Morgan fingerprint density at radius 1 is 1.25 bits per heavy atom. The van der Waals surface area contributed by atoms with E-state index in [0.717, 1.165) is 19.2 Å². The number of hydrogen-bond acceptors (Lipinski definition) is 2. The molecule has 0 aromatic heterocycles. The second-order valence-corrected chi connectivity index (χ2v) is 6.45. The summed E-state index contributed by atoms with van der Waals surface area (Å²) in [4.78, 5) is 0. The van der Waals surface area contributed by atoms with Crippen molar-refractivity contribution in [2.75, 3.05) is 13.2 Å². The van der Waals surface area contributed by atoms with E-state index >= 15 is 0 Å². The highest BCUT2D eigenvalue weighted by Crippen LogP contribution is 2.28. The maximum Gasteiger partial charge on any atom is 0.0576 e. The van der Waals surface area contributed by atoms with Gasteiger partial charge in [0.25, 0.3) is 0 Å². The first-order valence-electron chi connectivity index (χ1n) is 8.23. The predicted molar refractivity (Wildman–Crippen MR) is 83.2 cm³/mol. The normalized spacial score (nSPS) is 23.9. The van der Waals surface area contributed by atoms with Gasteiger partial charge in [0.2, 0.25) is 0 Å². The molecule has 2 atom stereocenters. The summed E-state index contributed by atoms with van der Waals surface area (Å²) in [5, 5.41) is 3.72. The molecule has 3 rings (SSSR count). The van der Waals surface area contributed by atoms with Gasteiger partial charge in [-0.2, -0.15) is 0 Å². The highest BCUT2D eigenvalue weighted by molar-refractivity contribution is 5.29. The van der Waals surface area contributed by atoms with E-state index in [2.05, 4.69) is 36.5 Å². The van der Waals surface area contributed by atoms with E-state index in [1.165, 1.54) is 49.7 Å². The van der Waals surface area contributed by atoms with Crippen LogP contribution >= 0.6 is 0 Å². The Balaban J connectivity index is 1.60. The summed E-state index contributed by atoms with van der Waals surface area (Å²) < 4.78 is 5.79. The van der Waals surface area contributed by atoms with E-state index in [1.807, 2.05) is 0 Å². The Kier molecular flexibility index (Phi) is 4.74. The van der Waals surface area contributed by atoms with Gasteiger partial charge < -0.3 is 10.1 Å².